The van der Waals surface area contributed by atoms with Crippen molar-refractivity contribution in [2.45, 2.75) is 0 Å². The fraction of sp³-hybridized carbons (Fsp3) is 0.571. The van der Waals surface area contributed by atoms with E-state index in [1.54, 1.807) is 0 Å². The zero-order valence-corrected chi connectivity index (χ0v) is 7.41. The van der Waals surface area contributed by atoms with Crippen LogP contribution in [0.4, 0.5) is 0 Å². The summed E-state index contributed by atoms with van der Waals surface area (Å²) in [5.74, 6) is -0.590. The van der Waals surface area contributed by atoms with E-state index < -0.39 is 0 Å². The molecule has 0 fully saturated rings. The first-order chi connectivity index (χ1) is 6.15. The highest BCUT2D eigenvalue weighted by molar-refractivity contribution is 6.37. The summed E-state index contributed by atoms with van der Waals surface area (Å²) in [5, 5.41) is 2.43. The van der Waals surface area contributed by atoms with Crippen LogP contribution in [0.3, 0.4) is 0 Å². The van der Waals surface area contributed by atoms with Gasteiger partial charge in [-0.1, -0.05) is 0 Å². The number of carbonyl (C=O) groups is 2. The predicted molar refractivity (Wildman–Crippen MR) is 47.1 cm³/mol. The van der Waals surface area contributed by atoms with E-state index in [4.69, 9.17) is 5.73 Å². The third kappa shape index (κ3) is 2.17. The van der Waals surface area contributed by atoms with E-state index in [1.807, 2.05) is 0 Å². The van der Waals surface area contributed by atoms with Crippen LogP contribution in [0.15, 0.2) is 4.99 Å². The molecule has 6 nitrogen and oxygen atoms in total. The molecule has 0 atom stereocenters. The van der Waals surface area contributed by atoms with Gasteiger partial charge in [-0.25, -0.2) is 0 Å². The van der Waals surface area contributed by atoms with E-state index in [9.17, 15) is 9.59 Å². The zero-order chi connectivity index (χ0) is 9.84. The number of aliphatic imine (C=N–C) groups is 1. The average Bonchev–Trinajstić information content (AvgIpc) is 2.13. The van der Waals surface area contributed by atoms with Crippen molar-refractivity contribution in [1.82, 2.24) is 10.2 Å². The number of nitrogens with one attached hydrogen (secondary N) is 1. The third-order valence-corrected chi connectivity index (χ3v) is 1.77. The maximum atomic E-state index is 11.3. The van der Waals surface area contributed by atoms with Crippen molar-refractivity contribution in [3.05, 3.63) is 0 Å². The maximum Gasteiger partial charge on any atom is 0.289 e. The summed E-state index contributed by atoms with van der Waals surface area (Å²) < 4.78 is 0. The number of carbonyl (C=O) groups excluding carboxylic acids is 2. The quantitative estimate of drug-likeness (QED) is 0.517. The van der Waals surface area contributed by atoms with E-state index in [-0.39, 0.29) is 24.2 Å². The number of nitrogens with zero attached hydrogens (tertiary/aromatic N) is 2. The molecule has 0 aromatic carbocycles. The monoisotopic (exact) mass is 184 g/mol. The number of amides is 2. The van der Waals surface area contributed by atoms with Gasteiger partial charge in [0.1, 0.15) is 0 Å². The molecule has 0 unspecified atom stereocenters. The summed E-state index contributed by atoms with van der Waals surface area (Å²) in [6, 6.07) is 0. The molecule has 1 aliphatic rings. The van der Waals surface area contributed by atoms with Crippen molar-refractivity contribution in [1.29, 1.82) is 0 Å². The Balaban J connectivity index is 2.57. The number of hydrogen-bond acceptors (Lipinski definition) is 4. The first-order valence-corrected chi connectivity index (χ1v) is 3.95. The molecule has 1 aliphatic heterocycles. The SMILES string of the molecule is CNC(=O)CN1CCN=C(N)C1=O. The third-order valence-electron chi connectivity index (χ3n) is 1.77. The molecule has 2 amide bonds. The van der Waals surface area contributed by atoms with Gasteiger partial charge >= 0.3 is 0 Å². The van der Waals surface area contributed by atoms with E-state index in [0.717, 1.165) is 0 Å². The second-order valence-corrected chi connectivity index (χ2v) is 2.67. The molecule has 0 saturated heterocycles. The van der Waals surface area contributed by atoms with Gasteiger partial charge in [-0.3, -0.25) is 14.6 Å². The second-order valence-electron chi connectivity index (χ2n) is 2.67. The first kappa shape index (κ1) is 9.50. The van der Waals surface area contributed by atoms with Gasteiger partial charge in [0, 0.05) is 13.6 Å². The van der Waals surface area contributed by atoms with Crippen LogP contribution < -0.4 is 11.1 Å². The van der Waals surface area contributed by atoms with Gasteiger partial charge in [0.05, 0.1) is 13.1 Å². The van der Waals surface area contributed by atoms with Crippen molar-refractivity contribution in [3.8, 4) is 0 Å². The Morgan fingerprint density at radius 3 is 3.08 bits per heavy atom. The van der Waals surface area contributed by atoms with E-state index in [0.29, 0.717) is 13.1 Å². The standard InChI is InChI=1S/C7H12N4O2/c1-9-5(12)4-11-3-2-10-6(8)7(11)13/h2-4H2,1H3,(H2,8,10)(H,9,12). The smallest absolute Gasteiger partial charge is 0.289 e. The van der Waals surface area contributed by atoms with Crippen molar-refractivity contribution in [3.63, 3.8) is 0 Å². The second kappa shape index (κ2) is 3.88. The predicted octanol–water partition coefficient (Wildman–Crippen LogP) is -2.07. The van der Waals surface area contributed by atoms with Crippen LogP contribution >= 0.6 is 0 Å². The molecular formula is C7H12N4O2. The number of rotatable bonds is 2. The summed E-state index contributed by atoms with van der Waals surface area (Å²) in [4.78, 5) is 27.4. The Hall–Kier alpha value is -1.59. The van der Waals surface area contributed by atoms with Crippen molar-refractivity contribution in [2.75, 3.05) is 26.7 Å². The van der Waals surface area contributed by atoms with Gasteiger partial charge < -0.3 is 16.0 Å². The normalized spacial score (nSPS) is 16.8. The molecule has 0 aromatic rings. The van der Waals surface area contributed by atoms with E-state index in [1.165, 1.54) is 11.9 Å². The van der Waals surface area contributed by atoms with Crippen LogP contribution in [0.1, 0.15) is 0 Å². The minimum absolute atomic E-state index is 0.0184. The Morgan fingerprint density at radius 2 is 2.46 bits per heavy atom. The van der Waals surface area contributed by atoms with Crippen molar-refractivity contribution < 1.29 is 9.59 Å². The Labute approximate surface area is 75.8 Å². The fourth-order valence-electron chi connectivity index (χ4n) is 1.03. The lowest BCUT2D eigenvalue weighted by Crippen LogP contribution is -2.49. The zero-order valence-electron chi connectivity index (χ0n) is 7.41. The summed E-state index contributed by atoms with van der Waals surface area (Å²) in [6.45, 7) is 0.965. The molecule has 0 spiro atoms. The number of amidine groups is 1. The molecule has 0 aromatic heterocycles. The molecule has 0 saturated carbocycles. The van der Waals surface area contributed by atoms with Crippen LogP contribution in [0.25, 0.3) is 0 Å². The summed E-state index contributed by atoms with van der Waals surface area (Å²) in [5.41, 5.74) is 5.31. The molecular weight excluding hydrogens is 172 g/mol. The largest absolute Gasteiger partial charge is 0.379 e. The fourth-order valence-corrected chi connectivity index (χ4v) is 1.03. The minimum Gasteiger partial charge on any atom is -0.379 e. The molecule has 1 rings (SSSR count). The van der Waals surface area contributed by atoms with Gasteiger partial charge in [0.2, 0.25) is 5.91 Å². The summed E-state index contributed by atoms with van der Waals surface area (Å²) >= 11 is 0. The number of likely N-dealkylation sites (N-methyl/N-ethyl adjacent to an activating group) is 1. The Morgan fingerprint density at radius 1 is 1.77 bits per heavy atom. The van der Waals surface area contributed by atoms with Crippen LogP contribution in [0.2, 0.25) is 0 Å². The lowest BCUT2D eigenvalue weighted by atomic mass is 10.3. The van der Waals surface area contributed by atoms with Gasteiger partial charge in [0.25, 0.3) is 5.91 Å². The Bertz CT molecular complexity index is 261. The van der Waals surface area contributed by atoms with Gasteiger partial charge in [-0.2, -0.15) is 0 Å². The molecule has 0 radical (unpaired) electrons. The van der Waals surface area contributed by atoms with E-state index in [2.05, 4.69) is 10.3 Å². The van der Waals surface area contributed by atoms with Crippen molar-refractivity contribution >= 4 is 17.6 Å². The maximum absolute atomic E-state index is 11.3. The molecule has 13 heavy (non-hydrogen) atoms. The van der Waals surface area contributed by atoms with E-state index >= 15 is 0 Å². The Kier molecular flexibility index (Phi) is 2.84. The van der Waals surface area contributed by atoms with Crippen molar-refractivity contribution in [2.24, 2.45) is 10.7 Å². The molecule has 0 bridgehead atoms. The number of hydrogen-bond donors (Lipinski definition) is 2. The number of nitrogens with two attached hydrogens (primary N) is 1. The molecule has 1 heterocycles. The van der Waals surface area contributed by atoms with Crippen LogP contribution in [0, 0.1) is 0 Å². The highest BCUT2D eigenvalue weighted by Crippen LogP contribution is 1.96. The van der Waals surface area contributed by atoms with Gasteiger partial charge in [0.15, 0.2) is 5.84 Å². The highest BCUT2D eigenvalue weighted by atomic mass is 16.2. The molecule has 6 heteroatoms. The van der Waals surface area contributed by atoms with Crippen LogP contribution in [-0.4, -0.2) is 49.2 Å². The molecule has 3 N–H and O–H groups in total. The van der Waals surface area contributed by atoms with Crippen LogP contribution in [0.5, 0.6) is 0 Å². The summed E-state index contributed by atoms with van der Waals surface area (Å²) in [7, 11) is 1.52. The lowest BCUT2D eigenvalue weighted by Gasteiger charge is -2.23. The van der Waals surface area contributed by atoms with Gasteiger partial charge in [-0.05, 0) is 0 Å². The molecule has 72 valence electrons. The topological polar surface area (TPSA) is 87.8 Å². The van der Waals surface area contributed by atoms with Gasteiger partial charge in [-0.15, -0.1) is 0 Å². The lowest BCUT2D eigenvalue weighted by molar-refractivity contribution is -0.131. The first-order valence-electron chi connectivity index (χ1n) is 3.95. The highest BCUT2D eigenvalue weighted by Gasteiger charge is 2.22. The minimum atomic E-state index is -0.366. The summed E-state index contributed by atoms with van der Waals surface area (Å²) in [6.07, 6.45) is 0. The average molecular weight is 184 g/mol. The molecule has 0 aliphatic carbocycles. The van der Waals surface area contributed by atoms with Crippen LogP contribution in [-0.2, 0) is 9.59 Å².